The molecule has 2 aromatic rings. The highest BCUT2D eigenvalue weighted by atomic mass is 15.3. The summed E-state index contributed by atoms with van der Waals surface area (Å²) in [6.45, 7) is 2.93. The molecule has 0 atom stereocenters. The van der Waals surface area contributed by atoms with E-state index in [1.807, 2.05) is 41.5 Å². The summed E-state index contributed by atoms with van der Waals surface area (Å²) in [7, 11) is 2.12. The number of hydrogen-bond acceptors (Lipinski definition) is 3. The lowest BCUT2D eigenvalue weighted by Crippen LogP contribution is -2.21. The lowest BCUT2D eigenvalue weighted by atomic mass is 10.3. The first-order chi connectivity index (χ1) is 8.34. The highest BCUT2D eigenvalue weighted by Crippen LogP contribution is 2.00. The Bertz CT molecular complexity index is 410. The molecule has 4 nitrogen and oxygen atoms in total. The Morgan fingerprint density at radius 2 is 2.18 bits per heavy atom. The summed E-state index contributed by atoms with van der Waals surface area (Å²) in [5.74, 6) is 0. The third-order valence-electron chi connectivity index (χ3n) is 2.64. The van der Waals surface area contributed by atoms with E-state index in [2.05, 4.69) is 28.1 Å². The van der Waals surface area contributed by atoms with Gasteiger partial charge in [0, 0.05) is 38.2 Å². The standard InChI is InChI=1S/C13H18N4/c1-16(12-13-6-2-3-7-14-13)9-5-11-17-10-4-8-15-17/h2-4,6-8,10H,5,9,11-12H2,1H3. The van der Waals surface area contributed by atoms with Gasteiger partial charge < -0.3 is 4.90 Å². The Balaban J connectivity index is 1.69. The van der Waals surface area contributed by atoms with Crippen molar-refractivity contribution in [1.82, 2.24) is 19.7 Å². The van der Waals surface area contributed by atoms with E-state index >= 15 is 0 Å². The van der Waals surface area contributed by atoms with Gasteiger partial charge >= 0.3 is 0 Å². The van der Waals surface area contributed by atoms with Crippen LogP contribution in [0.1, 0.15) is 12.1 Å². The summed E-state index contributed by atoms with van der Waals surface area (Å²) in [5.41, 5.74) is 1.12. The molecule has 90 valence electrons. The molecule has 0 aliphatic rings. The number of pyridine rings is 1. The van der Waals surface area contributed by atoms with E-state index in [1.165, 1.54) is 0 Å². The molecule has 2 aromatic heterocycles. The highest BCUT2D eigenvalue weighted by molar-refractivity contribution is 5.02. The molecule has 0 spiro atoms. The molecule has 0 unspecified atom stereocenters. The van der Waals surface area contributed by atoms with Crippen LogP contribution in [0.4, 0.5) is 0 Å². The van der Waals surface area contributed by atoms with E-state index in [1.54, 1.807) is 0 Å². The molecule has 2 rings (SSSR count). The first-order valence-electron chi connectivity index (χ1n) is 5.90. The van der Waals surface area contributed by atoms with E-state index in [0.717, 1.165) is 31.7 Å². The summed E-state index contributed by atoms with van der Waals surface area (Å²) < 4.78 is 1.97. The molecule has 2 heterocycles. The van der Waals surface area contributed by atoms with Gasteiger partial charge in [0.05, 0.1) is 5.69 Å². The second-order valence-corrected chi connectivity index (χ2v) is 4.18. The molecule has 0 aliphatic heterocycles. The number of aromatic nitrogens is 3. The molecular formula is C13H18N4. The van der Waals surface area contributed by atoms with Crippen LogP contribution in [-0.2, 0) is 13.1 Å². The lowest BCUT2D eigenvalue weighted by molar-refractivity contribution is 0.308. The van der Waals surface area contributed by atoms with E-state index in [4.69, 9.17) is 0 Å². The van der Waals surface area contributed by atoms with E-state index in [0.29, 0.717) is 0 Å². The fourth-order valence-electron chi connectivity index (χ4n) is 1.78. The van der Waals surface area contributed by atoms with E-state index in [-0.39, 0.29) is 0 Å². The van der Waals surface area contributed by atoms with Crippen molar-refractivity contribution in [3.05, 3.63) is 48.5 Å². The van der Waals surface area contributed by atoms with Crippen molar-refractivity contribution in [3.63, 3.8) is 0 Å². The van der Waals surface area contributed by atoms with Gasteiger partial charge in [-0.05, 0) is 31.7 Å². The fourth-order valence-corrected chi connectivity index (χ4v) is 1.78. The average Bonchev–Trinajstić information content (AvgIpc) is 2.83. The third-order valence-corrected chi connectivity index (χ3v) is 2.64. The largest absolute Gasteiger partial charge is 0.300 e. The van der Waals surface area contributed by atoms with Crippen LogP contribution in [-0.4, -0.2) is 33.3 Å². The Kier molecular flexibility index (Phi) is 4.27. The molecule has 4 heteroatoms. The minimum Gasteiger partial charge on any atom is -0.300 e. The van der Waals surface area contributed by atoms with Crippen molar-refractivity contribution in [3.8, 4) is 0 Å². The van der Waals surface area contributed by atoms with E-state index in [9.17, 15) is 0 Å². The topological polar surface area (TPSA) is 34.0 Å². The Labute approximate surface area is 102 Å². The van der Waals surface area contributed by atoms with Crippen LogP contribution in [0, 0.1) is 0 Å². The van der Waals surface area contributed by atoms with Gasteiger partial charge in [0.2, 0.25) is 0 Å². The highest BCUT2D eigenvalue weighted by Gasteiger charge is 2.00. The van der Waals surface area contributed by atoms with Crippen LogP contribution in [0.2, 0.25) is 0 Å². The zero-order chi connectivity index (χ0) is 11.9. The van der Waals surface area contributed by atoms with Gasteiger partial charge in [-0.3, -0.25) is 9.67 Å². The van der Waals surface area contributed by atoms with Crippen molar-refractivity contribution < 1.29 is 0 Å². The second kappa shape index (κ2) is 6.15. The molecule has 0 amide bonds. The Hall–Kier alpha value is -1.68. The molecule has 0 radical (unpaired) electrons. The van der Waals surface area contributed by atoms with Crippen molar-refractivity contribution in [2.75, 3.05) is 13.6 Å². The van der Waals surface area contributed by atoms with Crippen LogP contribution in [0.3, 0.4) is 0 Å². The molecule has 0 aliphatic carbocycles. The third kappa shape index (κ3) is 4.00. The number of nitrogens with zero attached hydrogens (tertiary/aromatic N) is 4. The van der Waals surface area contributed by atoms with Crippen molar-refractivity contribution in [2.24, 2.45) is 0 Å². The van der Waals surface area contributed by atoms with Crippen LogP contribution in [0.15, 0.2) is 42.9 Å². The second-order valence-electron chi connectivity index (χ2n) is 4.18. The summed E-state index contributed by atoms with van der Waals surface area (Å²) in [6, 6.07) is 7.99. The zero-order valence-corrected chi connectivity index (χ0v) is 10.2. The molecular weight excluding hydrogens is 212 g/mol. The first-order valence-corrected chi connectivity index (χ1v) is 5.90. The number of aryl methyl sites for hydroxylation is 1. The van der Waals surface area contributed by atoms with Crippen molar-refractivity contribution in [2.45, 2.75) is 19.5 Å². The Morgan fingerprint density at radius 1 is 1.24 bits per heavy atom. The maximum Gasteiger partial charge on any atom is 0.0543 e. The van der Waals surface area contributed by atoms with Gasteiger partial charge in [0.15, 0.2) is 0 Å². The monoisotopic (exact) mass is 230 g/mol. The van der Waals surface area contributed by atoms with Gasteiger partial charge in [-0.25, -0.2) is 0 Å². The van der Waals surface area contributed by atoms with Gasteiger partial charge in [-0.15, -0.1) is 0 Å². The predicted molar refractivity (Wildman–Crippen MR) is 67.4 cm³/mol. The summed E-state index contributed by atoms with van der Waals surface area (Å²) in [5, 5.41) is 4.18. The van der Waals surface area contributed by atoms with Crippen molar-refractivity contribution >= 4 is 0 Å². The van der Waals surface area contributed by atoms with E-state index < -0.39 is 0 Å². The maximum atomic E-state index is 4.32. The van der Waals surface area contributed by atoms with Crippen LogP contribution in [0.5, 0.6) is 0 Å². The van der Waals surface area contributed by atoms with Crippen LogP contribution < -0.4 is 0 Å². The zero-order valence-electron chi connectivity index (χ0n) is 10.2. The summed E-state index contributed by atoms with van der Waals surface area (Å²) in [4.78, 5) is 6.60. The van der Waals surface area contributed by atoms with Gasteiger partial charge in [0.25, 0.3) is 0 Å². The first kappa shape index (κ1) is 11.8. The van der Waals surface area contributed by atoms with Gasteiger partial charge in [-0.1, -0.05) is 6.07 Å². The molecule has 17 heavy (non-hydrogen) atoms. The lowest BCUT2D eigenvalue weighted by Gasteiger charge is -2.15. The molecule has 0 saturated carbocycles. The van der Waals surface area contributed by atoms with Gasteiger partial charge in [0.1, 0.15) is 0 Å². The van der Waals surface area contributed by atoms with Gasteiger partial charge in [-0.2, -0.15) is 5.10 Å². The molecule has 0 fully saturated rings. The maximum absolute atomic E-state index is 4.32. The number of rotatable bonds is 6. The molecule has 0 aromatic carbocycles. The Morgan fingerprint density at radius 3 is 2.88 bits per heavy atom. The average molecular weight is 230 g/mol. The van der Waals surface area contributed by atoms with Crippen molar-refractivity contribution in [1.29, 1.82) is 0 Å². The smallest absolute Gasteiger partial charge is 0.0543 e. The summed E-state index contributed by atoms with van der Waals surface area (Å²) in [6.07, 6.45) is 6.76. The summed E-state index contributed by atoms with van der Waals surface area (Å²) >= 11 is 0. The normalized spacial score (nSPS) is 10.9. The molecule has 0 N–H and O–H groups in total. The van der Waals surface area contributed by atoms with Crippen LogP contribution >= 0.6 is 0 Å². The fraction of sp³-hybridized carbons (Fsp3) is 0.385. The molecule has 0 bridgehead atoms. The minimum atomic E-state index is 0.903. The van der Waals surface area contributed by atoms with Crippen LogP contribution in [0.25, 0.3) is 0 Å². The predicted octanol–water partition coefficient (Wildman–Crippen LogP) is 1.80. The number of hydrogen-bond donors (Lipinski definition) is 0. The SMILES string of the molecule is CN(CCCn1cccn1)Cc1ccccn1. The molecule has 0 saturated heterocycles. The quantitative estimate of drug-likeness (QED) is 0.759. The minimum absolute atomic E-state index is 0.903.